The second kappa shape index (κ2) is 6.92. The zero-order valence-electron chi connectivity index (χ0n) is 13.5. The Morgan fingerprint density at radius 3 is 2.43 bits per heavy atom. The van der Waals surface area contributed by atoms with Crippen molar-refractivity contribution >= 4 is 5.91 Å². The summed E-state index contributed by atoms with van der Waals surface area (Å²) in [4.78, 5) is 18.5. The van der Waals surface area contributed by atoms with Gasteiger partial charge in [0.15, 0.2) is 0 Å². The van der Waals surface area contributed by atoms with Crippen molar-refractivity contribution in [3.63, 3.8) is 0 Å². The van der Waals surface area contributed by atoms with Crippen molar-refractivity contribution in [1.29, 1.82) is 0 Å². The molecule has 2 heterocycles. The van der Waals surface area contributed by atoms with Crippen molar-refractivity contribution in [3.05, 3.63) is 66.0 Å². The number of nitrogens with zero attached hydrogens (tertiary/aromatic N) is 2. The molecule has 1 aromatic heterocycles. The van der Waals surface area contributed by atoms with E-state index in [1.54, 1.807) is 6.92 Å². The van der Waals surface area contributed by atoms with Crippen molar-refractivity contribution in [2.45, 2.75) is 31.8 Å². The van der Waals surface area contributed by atoms with E-state index in [1.165, 1.54) is 5.56 Å². The molecule has 120 valence electrons. The number of amides is 1. The first-order valence-corrected chi connectivity index (χ1v) is 8.14. The molecule has 1 aliphatic rings. The molecule has 1 N–H and O–H groups in total. The van der Waals surface area contributed by atoms with Crippen LogP contribution in [-0.2, 0) is 16.9 Å². The number of benzene rings is 1. The third kappa shape index (κ3) is 3.77. The van der Waals surface area contributed by atoms with Crippen LogP contribution in [0.1, 0.15) is 31.0 Å². The molecule has 0 spiro atoms. The number of likely N-dealkylation sites (tertiary alicyclic amines) is 1. The van der Waals surface area contributed by atoms with Crippen LogP contribution in [0.5, 0.6) is 0 Å². The Morgan fingerprint density at radius 1 is 1.13 bits per heavy atom. The zero-order valence-corrected chi connectivity index (χ0v) is 13.5. The lowest BCUT2D eigenvalue weighted by Gasteiger charge is -2.42. The minimum atomic E-state index is -0.242. The first-order chi connectivity index (χ1) is 11.2. The summed E-state index contributed by atoms with van der Waals surface area (Å²) in [5.74, 6) is 0.0343. The zero-order chi connectivity index (χ0) is 16.1. The Balaban J connectivity index is 1.71. The van der Waals surface area contributed by atoms with Crippen molar-refractivity contribution in [1.82, 2.24) is 15.2 Å². The fourth-order valence-electron chi connectivity index (χ4n) is 3.39. The van der Waals surface area contributed by atoms with Crippen LogP contribution in [0, 0.1) is 0 Å². The molecule has 1 saturated heterocycles. The third-order valence-electron chi connectivity index (χ3n) is 4.56. The van der Waals surface area contributed by atoms with Crippen LogP contribution >= 0.6 is 0 Å². The fraction of sp³-hybridized carbons (Fsp3) is 0.368. The summed E-state index contributed by atoms with van der Waals surface area (Å²) in [6, 6.07) is 16.4. The second-order valence-corrected chi connectivity index (χ2v) is 6.23. The van der Waals surface area contributed by atoms with Gasteiger partial charge >= 0.3 is 0 Å². The van der Waals surface area contributed by atoms with E-state index in [1.807, 2.05) is 36.5 Å². The fourth-order valence-corrected chi connectivity index (χ4v) is 3.39. The van der Waals surface area contributed by atoms with Crippen molar-refractivity contribution < 1.29 is 4.79 Å². The lowest BCUT2D eigenvalue weighted by Crippen LogP contribution is -2.52. The summed E-state index contributed by atoms with van der Waals surface area (Å²) < 4.78 is 0. The Labute approximate surface area is 137 Å². The summed E-state index contributed by atoms with van der Waals surface area (Å²) in [5.41, 5.74) is 2.06. The number of piperidine rings is 1. The van der Waals surface area contributed by atoms with E-state index in [-0.39, 0.29) is 11.4 Å². The molecule has 4 nitrogen and oxygen atoms in total. The van der Waals surface area contributed by atoms with E-state index in [0.717, 1.165) is 38.2 Å². The van der Waals surface area contributed by atoms with Gasteiger partial charge in [0.05, 0.1) is 11.2 Å². The van der Waals surface area contributed by atoms with Crippen LogP contribution in [0.2, 0.25) is 0 Å². The molecule has 0 aliphatic carbocycles. The van der Waals surface area contributed by atoms with Crippen molar-refractivity contribution in [2.75, 3.05) is 13.1 Å². The summed E-state index contributed by atoms with van der Waals surface area (Å²) in [7, 11) is 0. The number of nitrogens with one attached hydrogen (secondary N) is 1. The second-order valence-electron chi connectivity index (χ2n) is 6.23. The SMILES string of the molecule is CC(=O)NC1(c2ccccc2)CCN(Cc2ccccn2)CC1. The van der Waals surface area contributed by atoms with Gasteiger partial charge in [0, 0.05) is 32.8 Å². The summed E-state index contributed by atoms with van der Waals surface area (Å²) in [6.07, 6.45) is 3.68. The monoisotopic (exact) mass is 309 g/mol. The molecule has 1 amide bonds. The molecule has 0 radical (unpaired) electrons. The van der Waals surface area contributed by atoms with Gasteiger partial charge in [-0.2, -0.15) is 0 Å². The number of aromatic nitrogens is 1. The number of carbonyl (C=O) groups is 1. The molecule has 0 saturated carbocycles. The maximum atomic E-state index is 11.7. The van der Waals surface area contributed by atoms with E-state index in [2.05, 4.69) is 33.4 Å². The van der Waals surface area contributed by atoms with Crippen LogP contribution in [0.3, 0.4) is 0 Å². The van der Waals surface area contributed by atoms with Gasteiger partial charge in [0.2, 0.25) is 5.91 Å². The van der Waals surface area contributed by atoms with Gasteiger partial charge in [-0.25, -0.2) is 0 Å². The molecular weight excluding hydrogens is 286 g/mol. The van der Waals surface area contributed by atoms with Crippen molar-refractivity contribution in [3.8, 4) is 0 Å². The van der Waals surface area contributed by atoms with E-state index in [9.17, 15) is 4.79 Å². The standard InChI is InChI=1S/C19H23N3O/c1-16(23)21-19(17-7-3-2-4-8-17)10-13-22(14-11-19)15-18-9-5-6-12-20-18/h2-9,12H,10-11,13-15H2,1H3,(H,21,23). The van der Waals surface area contributed by atoms with E-state index >= 15 is 0 Å². The van der Waals surface area contributed by atoms with Crippen molar-refractivity contribution in [2.24, 2.45) is 0 Å². The van der Waals surface area contributed by atoms with Gasteiger partial charge < -0.3 is 5.32 Å². The molecule has 0 atom stereocenters. The Hall–Kier alpha value is -2.20. The largest absolute Gasteiger partial charge is 0.347 e. The van der Waals surface area contributed by atoms with Crippen LogP contribution < -0.4 is 5.32 Å². The lowest BCUT2D eigenvalue weighted by atomic mass is 9.80. The first-order valence-electron chi connectivity index (χ1n) is 8.14. The number of pyridine rings is 1. The number of hydrogen-bond acceptors (Lipinski definition) is 3. The molecule has 2 aromatic rings. The molecule has 1 fully saturated rings. The van der Waals surface area contributed by atoms with E-state index < -0.39 is 0 Å². The lowest BCUT2D eigenvalue weighted by molar-refractivity contribution is -0.121. The van der Waals surface area contributed by atoms with Crippen LogP contribution in [0.15, 0.2) is 54.7 Å². The quantitative estimate of drug-likeness (QED) is 0.944. The molecular formula is C19H23N3O. The highest BCUT2D eigenvalue weighted by atomic mass is 16.1. The Morgan fingerprint density at radius 2 is 1.83 bits per heavy atom. The van der Waals surface area contributed by atoms with Gasteiger partial charge in [-0.3, -0.25) is 14.7 Å². The van der Waals surface area contributed by atoms with Crippen LogP contribution in [0.25, 0.3) is 0 Å². The molecule has 1 aliphatic heterocycles. The first kappa shape index (κ1) is 15.7. The van der Waals surface area contributed by atoms with Gasteiger partial charge in [0.25, 0.3) is 0 Å². The Bertz CT molecular complexity index is 634. The topological polar surface area (TPSA) is 45.2 Å². The normalized spacial score (nSPS) is 17.6. The summed E-state index contributed by atoms with van der Waals surface area (Å²) in [5, 5.41) is 3.21. The highest BCUT2D eigenvalue weighted by molar-refractivity contribution is 5.74. The van der Waals surface area contributed by atoms with Gasteiger partial charge in [-0.05, 0) is 30.5 Å². The van der Waals surface area contributed by atoms with Gasteiger partial charge in [0.1, 0.15) is 0 Å². The minimum Gasteiger partial charge on any atom is -0.347 e. The molecule has 23 heavy (non-hydrogen) atoms. The predicted octanol–water partition coefficient (Wildman–Crippen LogP) is 2.71. The number of carbonyl (C=O) groups excluding carboxylic acids is 1. The van der Waals surface area contributed by atoms with Gasteiger partial charge in [-0.1, -0.05) is 36.4 Å². The molecule has 3 rings (SSSR count). The average molecular weight is 309 g/mol. The third-order valence-corrected chi connectivity index (χ3v) is 4.56. The van der Waals surface area contributed by atoms with Crippen LogP contribution in [0.4, 0.5) is 0 Å². The Kier molecular flexibility index (Phi) is 4.72. The molecule has 4 heteroatoms. The van der Waals surface area contributed by atoms with E-state index in [0.29, 0.717) is 0 Å². The highest BCUT2D eigenvalue weighted by Gasteiger charge is 2.36. The predicted molar refractivity (Wildman–Crippen MR) is 90.7 cm³/mol. The molecule has 0 unspecified atom stereocenters. The number of hydrogen-bond donors (Lipinski definition) is 1. The maximum absolute atomic E-state index is 11.7. The average Bonchev–Trinajstić information content (AvgIpc) is 2.58. The summed E-state index contributed by atoms with van der Waals surface area (Å²) in [6.45, 7) is 4.37. The molecule has 0 bridgehead atoms. The van der Waals surface area contributed by atoms with E-state index in [4.69, 9.17) is 0 Å². The highest BCUT2D eigenvalue weighted by Crippen LogP contribution is 2.33. The van der Waals surface area contributed by atoms with Crippen LogP contribution in [-0.4, -0.2) is 28.9 Å². The number of rotatable bonds is 4. The summed E-state index contributed by atoms with van der Waals surface area (Å²) >= 11 is 0. The maximum Gasteiger partial charge on any atom is 0.217 e. The van der Waals surface area contributed by atoms with Gasteiger partial charge in [-0.15, -0.1) is 0 Å². The minimum absolute atomic E-state index is 0.0343. The smallest absolute Gasteiger partial charge is 0.217 e. The molecule has 1 aromatic carbocycles.